The van der Waals surface area contributed by atoms with Crippen molar-refractivity contribution in [1.82, 2.24) is 14.6 Å². The number of nitrogens with two attached hydrogens (primary N) is 1. The van der Waals surface area contributed by atoms with E-state index >= 15 is 0 Å². The number of hydrogen-bond acceptors (Lipinski definition) is 4. The highest BCUT2D eigenvalue weighted by atomic mass is 35.5. The molecule has 2 aromatic heterocycles. The summed E-state index contributed by atoms with van der Waals surface area (Å²) in [5, 5.41) is 4.56. The minimum Gasteiger partial charge on any atom is -0.437 e. The molecular formula is C12H9ClN4O. The van der Waals surface area contributed by atoms with E-state index in [0.717, 1.165) is 5.52 Å². The Kier molecular flexibility index (Phi) is 2.53. The number of nitrogen functional groups attached to an aromatic ring is 1. The zero-order chi connectivity index (χ0) is 12.5. The summed E-state index contributed by atoms with van der Waals surface area (Å²) in [6, 6.07) is 6.90. The van der Waals surface area contributed by atoms with Crippen molar-refractivity contribution in [2.45, 2.75) is 0 Å². The normalized spacial score (nSPS) is 10.7. The lowest BCUT2D eigenvalue weighted by atomic mass is 10.3. The van der Waals surface area contributed by atoms with Crippen LogP contribution in [0.2, 0.25) is 5.02 Å². The van der Waals surface area contributed by atoms with Crippen LogP contribution in [0.5, 0.6) is 11.6 Å². The van der Waals surface area contributed by atoms with Gasteiger partial charge in [0, 0.05) is 18.5 Å². The number of hydrogen-bond donors (Lipinski definition) is 1. The van der Waals surface area contributed by atoms with Gasteiger partial charge in [0.15, 0.2) is 0 Å². The number of ether oxygens (including phenoxy) is 1. The summed E-state index contributed by atoms with van der Waals surface area (Å²) >= 11 is 5.93. The van der Waals surface area contributed by atoms with Crippen LogP contribution < -0.4 is 10.5 Å². The maximum atomic E-state index is 5.93. The smallest absolute Gasteiger partial charge is 0.245 e. The van der Waals surface area contributed by atoms with Crippen LogP contribution in [-0.4, -0.2) is 14.6 Å². The third-order valence-corrected chi connectivity index (χ3v) is 2.80. The van der Waals surface area contributed by atoms with Gasteiger partial charge in [-0.05, 0) is 18.2 Å². The van der Waals surface area contributed by atoms with E-state index in [1.165, 1.54) is 0 Å². The van der Waals surface area contributed by atoms with Crippen LogP contribution in [0.15, 0.2) is 42.9 Å². The molecule has 0 saturated heterocycles. The van der Waals surface area contributed by atoms with Gasteiger partial charge in [-0.25, -0.2) is 9.50 Å². The Labute approximate surface area is 108 Å². The second-order valence-electron chi connectivity index (χ2n) is 3.68. The molecule has 0 aliphatic heterocycles. The van der Waals surface area contributed by atoms with Gasteiger partial charge in [-0.1, -0.05) is 11.6 Å². The first-order valence-corrected chi connectivity index (χ1v) is 5.63. The maximum Gasteiger partial charge on any atom is 0.245 e. The second kappa shape index (κ2) is 4.19. The lowest BCUT2D eigenvalue weighted by Gasteiger charge is -2.07. The van der Waals surface area contributed by atoms with Gasteiger partial charge in [0.05, 0.1) is 16.9 Å². The van der Waals surface area contributed by atoms with Gasteiger partial charge in [0.25, 0.3) is 0 Å². The van der Waals surface area contributed by atoms with Crippen LogP contribution in [0.1, 0.15) is 0 Å². The minimum atomic E-state index is 0.452. The van der Waals surface area contributed by atoms with Gasteiger partial charge in [0.1, 0.15) is 11.3 Å². The van der Waals surface area contributed by atoms with Crippen molar-refractivity contribution in [3.63, 3.8) is 0 Å². The minimum absolute atomic E-state index is 0.452. The van der Waals surface area contributed by atoms with Crippen LogP contribution >= 0.6 is 11.6 Å². The summed E-state index contributed by atoms with van der Waals surface area (Å²) in [6.07, 6.45) is 5.05. The highest BCUT2D eigenvalue weighted by Gasteiger charge is 2.06. The number of aromatic nitrogens is 3. The van der Waals surface area contributed by atoms with Crippen molar-refractivity contribution in [3.05, 3.63) is 47.9 Å². The largest absolute Gasteiger partial charge is 0.437 e. The lowest BCUT2D eigenvalue weighted by Crippen LogP contribution is -1.94. The molecule has 0 amide bonds. The summed E-state index contributed by atoms with van der Waals surface area (Å²) in [7, 11) is 0. The van der Waals surface area contributed by atoms with Gasteiger partial charge < -0.3 is 10.5 Å². The molecular weight excluding hydrogens is 252 g/mol. The number of anilines is 1. The zero-order valence-corrected chi connectivity index (χ0v) is 10.0. The monoisotopic (exact) mass is 260 g/mol. The molecule has 6 heteroatoms. The average molecular weight is 261 g/mol. The van der Waals surface area contributed by atoms with E-state index in [-0.39, 0.29) is 0 Å². The van der Waals surface area contributed by atoms with Crippen LogP contribution in [0, 0.1) is 0 Å². The molecule has 3 aromatic rings. The van der Waals surface area contributed by atoms with Gasteiger partial charge in [0.2, 0.25) is 5.88 Å². The van der Waals surface area contributed by atoms with Gasteiger partial charge in [-0.2, -0.15) is 5.10 Å². The average Bonchev–Trinajstić information content (AvgIpc) is 2.83. The number of fused-ring (bicyclic) bond motifs is 1. The molecule has 3 rings (SSSR count). The van der Waals surface area contributed by atoms with E-state index in [0.29, 0.717) is 22.3 Å². The first kappa shape index (κ1) is 10.9. The highest BCUT2D eigenvalue weighted by Crippen LogP contribution is 2.28. The molecule has 0 fully saturated rings. The zero-order valence-electron chi connectivity index (χ0n) is 9.25. The van der Waals surface area contributed by atoms with Crippen molar-refractivity contribution < 1.29 is 4.74 Å². The number of nitrogens with zero attached hydrogens (tertiary/aromatic N) is 3. The molecule has 5 nitrogen and oxygen atoms in total. The third kappa shape index (κ3) is 1.84. The Balaban J connectivity index is 2.01. The van der Waals surface area contributed by atoms with Gasteiger partial charge in [-0.15, -0.1) is 0 Å². The van der Waals surface area contributed by atoms with E-state index in [1.807, 2.05) is 6.07 Å². The standard InChI is InChI=1S/C12H9ClN4O/c13-9-7-8(1-2-10(9)14)18-12-11-3-4-16-17(11)6-5-15-12/h1-7H,14H2. The Morgan fingerprint density at radius 1 is 1.22 bits per heavy atom. The number of rotatable bonds is 2. The summed E-state index contributed by atoms with van der Waals surface area (Å²) in [4.78, 5) is 4.17. The quantitative estimate of drug-likeness (QED) is 0.720. The van der Waals surface area contributed by atoms with E-state index in [2.05, 4.69) is 10.1 Å². The van der Waals surface area contributed by atoms with E-state index in [4.69, 9.17) is 22.1 Å². The first-order valence-electron chi connectivity index (χ1n) is 5.25. The van der Waals surface area contributed by atoms with Crippen LogP contribution in [0.3, 0.4) is 0 Å². The Morgan fingerprint density at radius 2 is 2.11 bits per heavy atom. The summed E-state index contributed by atoms with van der Waals surface area (Å²) in [5.74, 6) is 1.05. The molecule has 0 radical (unpaired) electrons. The fraction of sp³-hybridized carbons (Fsp3) is 0. The lowest BCUT2D eigenvalue weighted by molar-refractivity contribution is 0.465. The van der Waals surface area contributed by atoms with Gasteiger partial charge in [-0.3, -0.25) is 0 Å². The SMILES string of the molecule is Nc1ccc(Oc2nccn3nccc23)cc1Cl. The van der Waals surface area contributed by atoms with E-state index in [9.17, 15) is 0 Å². The molecule has 0 aliphatic rings. The fourth-order valence-electron chi connectivity index (χ4n) is 1.59. The highest BCUT2D eigenvalue weighted by molar-refractivity contribution is 6.33. The number of benzene rings is 1. The molecule has 18 heavy (non-hydrogen) atoms. The van der Waals surface area contributed by atoms with E-state index < -0.39 is 0 Å². The van der Waals surface area contributed by atoms with Crippen LogP contribution in [0.4, 0.5) is 5.69 Å². The predicted octanol–water partition coefficient (Wildman–Crippen LogP) is 2.76. The van der Waals surface area contributed by atoms with Crippen LogP contribution in [0.25, 0.3) is 5.52 Å². The molecule has 0 saturated carbocycles. The Hall–Kier alpha value is -2.27. The molecule has 0 atom stereocenters. The molecule has 1 aromatic carbocycles. The van der Waals surface area contributed by atoms with Crippen molar-refractivity contribution in [3.8, 4) is 11.6 Å². The van der Waals surface area contributed by atoms with Gasteiger partial charge >= 0.3 is 0 Å². The maximum absolute atomic E-state index is 5.93. The Bertz CT molecular complexity index is 710. The van der Waals surface area contributed by atoms with Crippen molar-refractivity contribution in [2.75, 3.05) is 5.73 Å². The van der Waals surface area contributed by atoms with Crippen molar-refractivity contribution >= 4 is 22.8 Å². The molecule has 90 valence electrons. The van der Waals surface area contributed by atoms with E-state index in [1.54, 1.807) is 41.3 Å². The molecule has 2 heterocycles. The second-order valence-corrected chi connectivity index (χ2v) is 4.09. The topological polar surface area (TPSA) is 65.4 Å². The first-order chi connectivity index (χ1) is 8.74. The number of halogens is 1. The molecule has 0 spiro atoms. The Morgan fingerprint density at radius 3 is 2.94 bits per heavy atom. The summed E-state index contributed by atoms with van der Waals surface area (Å²) < 4.78 is 7.36. The molecule has 0 unspecified atom stereocenters. The fourth-order valence-corrected chi connectivity index (χ4v) is 1.76. The van der Waals surface area contributed by atoms with Crippen molar-refractivity contribution in [1.29, 1.82) is 0 Å². The summed E-state index contributed by atoms with van der Waals surface area (Å²) in [6.45, 7) is 0. The predicted molar refractivity (Wildman–Crippen MR) is 68.9 cm³/mol. The molecule has 0 aliphatic carbocycles. The third-order valence-electron chi connectivity index (χ3n) is 2.48. The summed E-state index contributed by atoms with van der Waals surface area (Å²) in [5.41, 5.74) is 6.94. The molecule has 2 N–H and O–H groups in total. The van der Waals surface area contributed by atoms with Crippen LogP contribution in [-0.2, 0) is 0 Å². The molecule has 0 bridgehead atoms. The van der Waals surface area contributed by atoms with Crippen molar-refractivity contribution in [2.24, 2.45) is 0 Å².